The molecular weight excluding hydrogens is 328 g/mol. The van der Waals surface area contributed by atoms with E-state index in [-0.39, 0.29) is 18.4 Å². The van der Waals surface area contributed by atoms with Crippen molar-refractivity contribution in [3.63, 3.8) is 0 Å². The predicted octanol–water partition coefficient (Wildman–Crippen LogP) is 3.31. The number of anilines is 1. The fourth-order valence-electron chi connectivity index (χ4n) is 3.05. The number of ether oxygens (including phenoxy) is 1. The Morgan fingerprint density at radius 1 is 1.12 bits per heavy atom. The molecule has 26 heavy (non-hydrogen) atoms. The molecule has 0 aliphatic carbocycles. The van der Waals surface area contributed by atoms with Gasteiger partial charge in [-0.2, -0.15) is 0 Å². The van der Waals surface area contributed by atoms with Crippen LogP contribution in [0.2, 0.25) is 0 Å². The maximum absolute atomic E-state index is 12.1. The largest absolute Gasteiger partial charge is 0.484 e. The van der Waals surface area contributed by atoms with Gasteiger partial charge in [-0.05, 0) is 48.7 Å². The summed E-state index contributed by atoms with van der Waals surface area (Å²) in [6.07, 6.45) is 1.37. The summed E-state index contributed by atoms with van der Waals surface area (Å²) < 4.78 is 5.51. The molecule has 0 aromatic heterocycles. The van der Waals surface area contributed by atoms with Crippen molar-refractivity contribution in [1.29, 1.82) is 0 Å². The highest BCUT2D eigenvalue weighted by Crippen LogP contribution is 2.23. The van der Waals surface area contributed by atoms with Gasteiger partial charge in [-0.15, -0.1) is 0 Å². The van der Waals surface area contributed by atoms with Crippen LogP contribution >= 0.6 is 0 Å². The van der Waals surface area contributed by atoms with E-state index in [1.165, 1.54) is 5.56 Å². The van der Waals surface area contributed by atoms with Crippen molar-refractivity contribution in [2.24, 2.45) is 0 Å². The minimum absolute atomic E-state index is 0.0411. The van der Waals surface area contributed by atoms with Crippen LogP contribution in [0.3, 0.4) is 0 Å². The highest BCUT2D eigenvalue weighted by Gasteiger charge is 2.19. The summed E-state index contributed by atoms with van der Waals surface area (Å²) in [6.45, 7) is 5.20. The molecular formula is C21H24N2O3. The van der Waals surface area contributed by atoms with E-state index in [4.69, 9.17) is 4.74 Å². The molecule has 1 heterocycles. The molecule has 2 amide bonds. The molecule has 0 spiro atoms. The number of hydrogen-bond donors (Lipinski definition) is 1. The number of benzene rings is 2. The minimum atomic E-state index is -0.206. The maximum atomic E-state index is 12.1. The van der Waals surface area contributed by atoms with E-state index in [1.54, 1.807) is 0 Å². The molecule has 0 saturated heterocycles. The van der Waals surface area contributed by atoms with Crippen molar-refractivity contribution >= 4 is 17.5 Å². The first-order valence-corrected chi connectivity index (χ1v) is 8.94. The fourth-order valence-corrected chi connectivity index (χ4v) is 3.05. The Kier molecular flexibility index (Phi) is 5.56. The molecule has 1 aliphatic rings. The zero-order valence-electron chi connectivity index (χ0n) is 15.2. The first-order chi connectivity index (χ1) is 12.5. The number of hydrogen-bond acceptors (Lipinski definition) is 3. The quantitative estimate of drug-likeness (QED) is 0.898. The molecule has 3 rings (SSSR count). The summed E-state index contributed by atoms with van der Waals surface area (Å²) in [6, 6.07) is 13.5. The van der Waals surface area contributed by atoms with Gasteiger partial charge in [0.1, 0.15) is 5.75 Å². The van der Waals surface area contributed by atoms with Crippen molar-refractivity contribution in [2.45, 2.75) is 33.2 Å². The molecule has 1 aliphatic heterocycles. The molecule has 0 atom stereocenters. The lowest BCUT2D eigenvalue weighted by Gasteiger charge is -2.29. The van der Waals surface area contributed by atoms with Crippen LogP contribution in [0, 0.1) is 6.92 Å². The zero-order chi connectivity index (χ0) is 18.5. The normalized spacial score (nSPS) is 13.1. The first-order valence-electron chi connectivity index (χ1n) is 8.94. The summed E-state index contributed by atoms with van der Waals surface area (Å²) >= 11 is 0. The number of carbonyl (C=O) groups is 2. The highest BCUT2D eigenvalue weighted by atomic mass is 16.5. The predicted molar refractivity (Wildman–Crippen MR) is 101 cm³/mol. The average Bonchev–Trinajstić information content (AvgIpc) is 2.66. The van der Waals surface area contributed by atoms with Crippen LogP contribution < -0.4 is 10.1 Å². The van der Waals surface area contributed by atoms with Crippen LogP contribution in [0.25, 0.3) is 0 Å². The molecule has 0 bridgehead atoms. The second-order valence-electron chi connectivity index (χ2n) is 6.55. The number of fused-ring (bicyclic) bond motifs is 1. The first kappa shape index (κ1) is 18.0. The highest BCUT2D eigenvalue weighted by molar-refractivity contribution is 5.92. The third-order valence-electron chi connectivity index (χ3n) is 4.55. The molecule has 5 nitrogen and oxygen atoms in total. The smallest absolute Gasteiger partial charge is 0.262 e. The topological polar surface area (TPSA) is 58.6 Å². The van der Waals surface area contributed by atoms with Gasteiger partial charge in [-0.3, -0.25) is 9.59 Å². The average molecular weight is 352 g/mol. The number of nitrogens with one attached hydrogen (secondary N) is 1. The fraction of sp³-hybridized carbons (Fsp3) is 0.333. The molecule has 0 unspecified atom stereocenters. The summed E-state index contributed by atoms with van der Waals surface area (Å²) in [4.78, 5) is 25.9. The molecule has 2 aromatic rings. The number of rotatable bonds is 5. The summed E-state index contributed by atoms with van der Waals surface area (Å²) in [5.41, 5.74) is 4.20. The van der Waals surface area contributed by atoms with Crippen LogP contribution in [-0.2, 0) is 22.6 Å². The second kappa shape index (κ2) is 8.04. The van der Waals surface area contributed by atoms with Gasteiger partial charge >= 0.3 is 0 Å². The Balaban J connectivity index is 1.59. The van der Waals surface area contributed by atoms with E-state index >= 15 is 0 Å². The zero-order valence-corrected chi connectivity index (χ0v) is 15.2. The monoisotopic (exact) mass is 352 g/mol. The SMILES string of the molecule is CCC(=O)N1CCc2ccc(NC(=O)COc3ccc(C)cc3)cc2C1. The lowest BCUT2D eigenvalue weighted by Crippen LogP contribution is -2.35. The van der Waals surface area contributed by atoms with Crippen LogP contribution in [0.1, 0.15) is 30.0 Å². The molecule has 136 valence electrons. The van der Waals surface area contributed by atoms with Crippen molar-refractivity contribution in [2.75, 3.05) is 18.5 Å². The van der Waals surface area contributed by atoms with Gasteiger partial charge in [0.15, 0.2) is 6.61 Å². The number of aryl methyl sites for hydroxylation is 1. The van der Waals surface area contributed by atoms with Gasteiger partial charge in [-0.1, -0.05) is 30.7 Å². The Morgan fingerprint density at radius 2 is 1.88 bits per heavy atom. The Hall–Kier alpha value is -2.82. The van der Waals surface area contributed by atoms with Crippen molar-refractivity contribution in [1.82, 2.24) is 4.90 Å². The van der Waals surface area contributed by atoms with Crippen LogP contribution in [-0.4, -0.2) is 29.9 Å². The standard InChI is InChI=1S/C21H24N2O3/c1-3-21(25)23-11-10-16-6-7-18(12-17(16)13-23)22-20(24)14-26-19-8-4-15(2)5-9-19/h4-9,12H,3,10-11,13-14H2,1-2H3,(H,22,24). The van der Waals surface area contributed by atoms with Crippen molar-refractivity contribution < 1.29 is 14.3 Å². The van der Waals surface area contributed by atoms with E-state index in [0.717, 1.165) is 29.8 Å². The van der Waals surface area contributed by atoms with E-state index in [2.05, 4.69) is 5.32 Å². The van der Waals surface area contributed by atoms with Gasteiger partial charge < -0.3 is 15.0 Å². The summed E-state index contributed by atoms with van der Waals surface area (Å²) in [7, 11) is 0. The Bertz CT molecular complexity index is 799. The Labute approximate surface area is 154 Å². The second-order valence-corrected chi connectivity index (χ2v) is 6.55. The van der Waals surface area contributed by atoms with Crippen molar-refractivity contribution in [3.05, 3.63) is 59.2 Å². The minimum Gasteiger partial charge on any atom is -0.484 e. The molecule has 1 N–H and O–H groups in total. The van der Waals surface area contributed by atoms with Gasteiger partial charge in [0, 0.05) is 25.2 Å². The number of nitrogens with zero attached hydrogens (tertiary/aromatic N) is 1. The number of carbonyl (C=O) groups excluding carboxylic acids is 2. The lowest BCUT2D eigenvalue weighted by atomic mass is 9.99. The Morgan fingerprint density at radius 3 is 2.62 bits per heavy atom. The van der Waals surface area contributed by atoms with E-state index in [0.29, 0.717) is 18.7 Å². The van der Waals surface area contributed by atoms with Gasteiger partial charge in [0.05, 0.1) is 0 Å². The summed E-state index contributed by atoms with van der Waals surface area (Å²) in [5.74, 6) is 0.629. The number of amides is 2. The maximum Gasteiger partial charge on any atom is 0.262 e. The summed E-state index contributed by atoms with van der Waals surface area (Å²) in [5, 5.41) is 2.86. The third kappa shape index (κ3) is 4.42. The van der Waals surface area contributed by atoms with Crippen molar-refractivity contribution in [3.8, 4) is 5.75 Å². The van der Waals surface area contributed by atoms with Gasteiger partial charge in [-0.25, -0.2) is 0 Å². The van der Waals surface area contributed by atoms with Gasteiger partial charge in [0.2, 0.25) is 5.91 Å². The molecule has 0 radical (unpaired) electrons. The van der Waals surface area contributed by atoms with E-state index < -0.39 is 0 Å². The van der Waals surface area contributed by atoms with Crippen LogP contribution in [0.5, 0.6) is 5.75 Å². The molecule has 0 fully saturated rings. The third-order valence-corrected chi connectivity index (χ3v) is 4.55. The molecule has 0 saturated carbocycles. The van der Waals surface area contributed by atoms with E-state index in [1.807, 2.05) is 61.2 Å². The van der Waals surface area contributed by atoms with E-state index in [9.17, 15) is 9.59 Å². The lowest BCUT2D eigenvalue weighted by molar-refractivity contribution is -0.131. The van der Waals surface area contributed by atoms with Crippen LogP contribution in [0.15, 0.2) is 42.5 Å². The van der Waals surface area contributed by atoms with Gasteiger partial charge in [0.25, 0.3) is 5.91 Å². The molecule has 2 aromatic carbocycles. The molecule has 5 heteroatoms. The van der Waals surface area contributed by atoms with Crippen LogP contribution in [0.4, 0.5) is 5.69 Å².